The summed E-state index contributed by atoms with van der Waals surface area (Å²) in [4.78, 5) is 15.1. The molecule has 4 aliphatic rings. The molecule has 0 aliphatic carbocycles. The lowest BCUT2D eigenvalue weighted by atomic mass is 9.64. The van der Waals surface area contributed by atoms with Crippen LogP contribution in [-0.4, -0.2) is 40.2 Å². The smallest absolute Gasteiger partial charge is 0.310 e. The van der Waals surface area contributed by atoms with Gasteiger partial charge in [-0.15, -0.1) is 0 Å². The molecule has 2 aromatic rings. The molecule has 4 bridgehead atoms. The number of aromatic nitrogens is 1. The Balaban J connectivity index is 1.71. The van der Waals surface area contributed by atoms with E-state index < -0.39 is 0 Å². The molecule has 26 heavy (non-hydrogen) atoms. The Hall–Kier alpha value is -2.27. The second-order valence-corrected chi connectivity index (χ2v) is 7.84. The quantitative estimate of drug-likeness (QED) is 0.633. The van der Waals surface area contributed by atoms with Crippen LogP contribution in [0, 0.1) is 11.8 Å². The first-order valence-electron chi connectivity index (χ1n) is 9.34. The molecule has 1 aromatic heterocycles. The lowest BCUT2D eigenvalue weighted by molar-refractivity contribution is -0.157. The van der Waals surface area contributed by atoms with E-state index in [0.717, 1.165) is 30.3 Å². The van der Waals surface area contributed by atoms with Crippen LogP contribution < -0.4 is 0 Å². The molecule has 5 heterocycles. The molecular weight excluding hydrogens is 328 g/mol. The minimum Gasteiger partial charge on any atom is -0.508 e. The van der Waals surface area contributed by atoms with E-state index in [1.54, 1.807) is 6.07 Å². The van der Waals surface area contributed by atoms with Gasteiger partial charge in [-0.25, -0.2) is 0 Å². The van der Waals surface area contributed by atoms with Crippen LogP contribution in [0.2, 0.25) is 0 Å². The standard InChI is InChI=1S/C21H24N2O3/c1-4-11-10-23-17-9-15-14-7-12(24)5-6-16(14)22(2)20(15)18(23)8-13(11)19(17)21(25)26-3/h4-7,13,17-19,24H,8-10H2,1-3H3. The monoisotopic (exact) mass is 352 g/mol. The van der Waals surface area contributed by atoms with Crippen molar-refractivity contribution in [2.24, 2.45) is 18.9 Å². The third-order valence-corrected chi connectivity index (χ3v) is 6.90. The number of allylic oxidation sites excluding steroid dienone is 1. The predicted molar refractivity (Wildman–Crippen MR) is 98.9 cm³/mol. The molecule has 0 spiro atoms. The van der Waals surface area contributed by atoms with E-state index in [-0.39, 0.29) is 23.8 Å². The third kappa shape index (κ3) is 1.87. The van der Waals surface area contributed by atoms with Gasteiger partial charge >= 0.3 is 5.97 Å². The molecule has 0 amide bonds. The van der Waals surface area contributed by atoms with Gasteiger partial charge in [0.2, 0.25) is 0 Å². The zero-order chi connectivity index (χ0) is 18.2. The number of rotatable bonds is 1. The predicted octanol–water partition coefficient (Wildman–Crippen LogP) is 2.92. The number of benzene rings is 1. The summed E-state index contributed by atoms with van der Waals surface area (Å²) in [5.41, 5.74) is 5.16. The highest BCUT2D eigenvalue weighted by Gasteiger charge is 2.55. The van der Waals surface area contributed by atoms with Crippen molar-refractivity contribution in [3.63, 3.8) is 0 Å². The van der Waals surface area contributed by atoms with Crippen LogP contribution in [0.15, 0.2) is 29.8 Å². The number of hydrogen-bond acceptors (Lipinski definition) is 4. The van der Waals surface area contributed by atoms with Gasteiger partial charge < -0.3 is 14.4 Å². The first-order valence-corrected chi connectivity index (χ1v) is 9.34. The number of piperidine rings is 3. The number of hydrogen-bond donors (Lipinski definition) is 1. The number of carbonyl (C=O) groups excluding carboxylic acids is 1. The van der Waals surface area contributed by atoms with Crippen molar-refractivity contribution in [1.29, 1.82) is 0 Å². The highest BCUT2D eigenvalue weighted by molar-refractivity contribution is 5.88. The van der Waals surface area contributed by atoms with Gasteiger partial charge in [-0.3, -0.25) is 9.69 Å². The Kier molecular flexibility index (Phi) is 3.29. The summed E-state index contributed by atoms with van der Waals surface area (Å²) in [6, 6.07) is 6.12. The van der Waals surface area contributed by atoms with E-state index in [0.29, 0.717) is 11.8 Å². The number of aromatic hydroxyl groups is 1. The molecule has 5 nitrogen and oxygen atoms in total. The van der Waals surface area contributed by atoms with Gasteiger partial charge in [-0.2, -0.15) is 0 Å². The first-order chi connectivity index (χ1) is 12.5. The summed E-state index contributed by atoms with van der Waals surface area (Å²) >= 11 is 0. The number of methoxy groups -OCH3 is 1. The topological polar surface area (TPSA) is 54.7 Å². The molecule has 0 radical (unpaired) electrons. The average molecular weight is 352 g/mol. The van der Waals surface area contributed by atoms with Gasteiger partial charge in [0.1, 0.15) is 5.75 Å². The van der Waals surface area contributed by atoms with Gasteiger partial charge in [0.15, 0.2) is 0 Å². The summed E-state index contributed by atoms with van der Waals surface area (Å²) in [7, 11) is 3.62. The Labute approximate surface area is 152 Å². The molecule has 3 fully saturated rings. The zero-order valence-corrected chi connectivity index (χ0v) is 15.4. The lowest BCUT2D eigenvalue weighted by Gasteiger charge is -2.57. The Morgan fingerprint density at radius 1 is 1.38 bits per heavy atom. The fourth-order valence-electron chi connectivity index (χ4n) is 5.82. The molecule has 3 saturated heterocycles. The SMILES string of the molecule is CC=C1CN2C3CC1C(C(=O)OC)C2Cc1c3n(C)c2ccc(O)cc12. The molecular formula is C21H24N2O3. The van der Waals surface area contributed by atoms with Crippen molar-refractivity contribution in [3.05, 3.63) is 41.1 Å². The van der Waals surface area contributed by atoms with Gasteiger partial charge in [0.25, 0.3) is 0 Å². The maximum absolute atomic E-state index is 12.6. The molecule has 5 atom stereocenters. The third-order valence-electron chi connectivity index (χ3n) is 6.90. The Bertz CT molecular complexity index is 958. The van der Waals surface area contributed by atoms with E-state index >= 15 is 0 Å². The second kappa shape index (κ2) is 5.36. The number of fused-ring (bicyclic) bond motifs is 4. The molecule has 1 aromatic carbocycles. The van der Waals surface area contributed by atoms with Crippen LogP contribution in [-0.2, 0) is 23.0 Å². The maximum Gasteiger partial charge on any atom is 0.310 e. The summed E-state index contributed by atoms with van der Waals surface area (Å²) in [6.45, 7) is 3.02. The van der Waals surface area contributed by atoms with E-state index in [9.17, 15) is 9.90 Å². The molecule has 0 saturated carbocycles. The van der Waals surface area contributed by atoms with Crippen molar-refractivity contribution in [3.8, 4) is 5.75 Å². The largest absolute Gasteiger partial charge is 0.508 e. The number of phenols is 1. The fourth-order valence-corrected chi connectivity index (χ4v) is 5.82. The van der Waals surface area contributed by atoms with Gasteiger partial charge in [0.05, 0.1) is 19.1 Å². The summed E-state index contributed by atoms with van der Waals surface area (Å²) in [6.07, 6.45) is 3.97. The highest BCUT2D eigenvalue weighted by Crippen LogP contribution is 2.55. The van der Waals surface area contributed by atoms with Crippen molar-refractivity contribution in [2.45, 2.75) is 31.8 Å². The lowest BCUT2D eigenvalue weighted by Crippen LogP contribution is -2.62. The summed E-state index contributed by atoms with van der Waals surface area (Å²) in [5.74, 6) is 0.377. The number of ether oxygens (including phenoxy) is 1. The van der Waals surface area contributed by atoms with Crippen LogP contribution in [0.1, 0.15) is 30.6 Å². The highest BCUT2D eigenvalue weighted by atomic mass is 16.5. The number of phenolic OH excluding ortho intramolecular Hbond substituents is 1. The van der Waals surface area contributed by atoms with Crippen LogP contribution in [0.4, 0.5) is 0 Å². The van der Waals surface area contributed by atoms with Crippen LogP contribution >= 0.6 is 0 Å². The number of esters is 1. The van der Waals surface area contributed by atoms with E-state index in [1.165, 1.54) is 23.9 Å². The molecule has 1 N–H and O–H groups in total. The summed E-state index contributed by atoms with van der Waals surface area (Å²) < 4.78 is 7.47. The minimum atomic E-state index is -0.100. The molecule has 6 rings (SSSR count). The number of carbonyl (C=O) groups is 1. The van der Waals surface area contributed by atoms with Gasteiger partial charge in [0, 0.05) is 36.2 Å². The van der Waals surface area contributed by atoms with Crippen molar-refractivity contribution in [1.82, 2.24) is 9.47 Å². The van der Waals surface area contributed by atoms with Crippen LogP contribution in [0.5, 0.6) is 5.75 Å². The average Bonchev–Trinajstić information content (AvgIpc) is 2.92. The van der Waals surface area contributed by atoms with E-state index in [1.807, 2.05) is 12.1 Å². The molecule has 5 unspecified atom stereocenters. The van der Waals surface area contributed by atoms with E-state index in [4.69, 9.17) is 4.74 Å². The first kappa shape index (κ1) is 15.9. The number of nitrogens with zero attached hydrogens (tertiary/aromatic N) is 2. The van der Waals surface area contributed by atoms with Crippen LogP contribution in [0.3, 0.4) is 0 Å². The molecule has 4 aliphatic heterocycles. The van der Waals surface area contributed by atoms with Crippen molar-refractivity contribution >= 4 is 16.9 Å². The normalized spacial score (nSPS) is 33.5. The zero-order valence-electron chi connectivity index (χ0n) is 15.4. The Morgan fingerprint density at radius 3 is 2.92 bits per heavy atom. The molecule has 5 heteroatoms. The minimum absolute atomic E-state index is 0.0889. The molecule has 136 valence electrons. The fraction of sp³-hybridized carbons (Fsp3) is 0.476. The van der Waals surface area contributed by atoms with Crippen molar-refractivity contribution in [2.75, 3.05) is 13.7 Å². The van der Waals surface area contributed by atoms with Crippen molar-refractivity contribution < 1.29 is 14.6 Å². The Morgan fingerprint density at radius 2 is 2.19 bits per heavy atom. The second-order valence-electron chi connectivity index (χ2n) is 7.84. The maximum atomic E-state index is 12.6. The summed E-state index contributed by atoms with van der Waals surface area (Å²) in [5, 5.41) is 11.1. The van der Waals surface area contributed by atoms with Gasteiger partial charge in [-0.05, 0) is 49.4 Å². The van der Waals surface area contributed by atoms with E-state index in [2.05, 4.69) is 29.5 Å². The van der Waals surface area contributed by atoms with Gasteiger partial charge in [-0.1, -0.05) is 11.6 Å². The van der Waals surface area contributed by atoms with Crippen LogP contribution in [0.25, 0.3) is 10.9 Å². The number of aryl methyl sites for hydroxylation is 1.